The highest BCUT2D eigenvalue weighted by molar-refractivity contribution is 6.36. The largest absolute Gasteiger partial charge is 0.496 e. The molecule has 7 nitrogen and oxygen atoms in total. The molecule has 3 aromatic rings. The van der Waals surface area contributed by atoms with Crippen molar-refractivity contribution < 1.29 is 19.1 Å². The Morgan fingerprint density at radius 3 is 2.52 bits per heavy atom. The first-order valence-corrected chi connectivity index (χ1v) is 10.7. The van der Waals surface area contributed by atoms with Gasteiger partial charge in [-0.2, -0.15) is 0 Å². The van der Waals surface area contributed by atoms with Gasteiger partial charge in [0.05, 0.1) is 25.8 Å². The van der Waals surface area contributed by atoms with Crippen LogP contribution in [0.1, 0.15) is 24.5 Å². The Morgan fingerprint density at radius 2 is 1.76 bits per heavy atom. The highest BCUT2D eigenvalue weighted by Gasteiger charge is 2.40. The van der Waals surface area contributed by atoms with Gasteiger partial charge in [0.15, 0.2) is 0 Å². The highest BCUT2D eigenvalue weighted by Crippen LogP contribution is 2.36. The monoisotopic (exact) mass is 443 g/mol. The Morgan fingerprint density at radius 1 is 0.970 bits per heavy atom. The Kier molecular flexibility index (Phi) is 6.69. The summed E-state index contributed by atoms with van der Waals surface area (Å²) in [4.78, 5) is 32.2. The van der Waals surface area contributed by atoms with Gasteiger partial charge in [-0.25, -0.2) is 0 Å². The van der Waals surface area contributed by atoms with Crippen LogP contribution in [0.4, 0.5) is 5.69 Å². The number of hydrogen-bond acceptors (Lipinski definition) is 6. The second-order valence-electron chi connectivity index (χ2n) is 7.50. The maximum Gasteiger partial charge on any atom is 0.278 e. The van der Waals surface area contributed by atoms with Crippen LogP contribution in [-0.2, 0) is 16.1 Å². The van der Waals surface area contributed by atoms with E-state index in [1.807, 2.05) is 43.3 Å². The molecular formula is C26H25N3O4. The van der Waals surface area contributed by atoms with E-state index >= 15 is 0 Å². The molecule has 0 saturated heterocycles. The first-order valence-electron chi connectivity index (χ1n) is 10.7. The van der Waals surface area contributed by atoms with Gasteiger partial charge in [0.1, 0.15) is 17.2 Å². The van der Waals surface area contributed by atoms with Gasteiger partial charge in [-0.05, 0) is 42.3 Å². The Bertz CT molecular complexity index is 1190. The zero-order chi connectivity index (χ0) is 23.2. The fourth-order valence-corrected chi connectivity index (χ4v) is 3.64. The van der Waals surface area contributed by atoms with Gasteiger partial charge >= 0.3 is 0 Å². The summed E-state index contributed by atoms with van der Waals surface area (Å²) < 4.78 is 11.2. The number of para-hydroxylation sites is 1. The summed E-state index contributed by atoms with van der Waals surface area (Å²) in [5.41, 5.74) is 2.48. The molecule has 0 atom stereocenters. The first kappa shape index (κ1) is 22.1. The molecule has 0 bridgehead atoms. The lowest BCUT2D eigenvalue weighted by Gasteiger charge is -2.15. The minimum Gasteiger partial charge on any atom is -0.496 e. The molecule has 168 valence electrons. The quantitative estimate of drug-likeness (QED) is 0.498. The summed E-state index contributed by atoms with van der Waals surface area (Å²) in [5.74, 6) is 0.408. The average Bonchev–Trinajstić information content (AvgIpc) is 3.07. The molecule has 33 heavy (non-hydrogen) atoms. The number of nitrogens with one attached hydrogen (secondary N) is 1. The van der Waals surface area contributed by atoms with Crippen molar-refractivity contribution in [3.05, 3.63) is 89.9 Å². The molecule has 4 rings (SSSR count). The molecular weight excluding hydrogens is 418 g/mol. The number of amides is 2. The van der Waals surface area contributed by atoms with Crippen molar-refractivity contribution in [2.24, 2.45) is 0 Å². The van der Waals surface area contributed by atoms with Crippen molar-refractivity contribution in [2.75, 3.05) is 19.0 Å². The SMILES string of the molecule is CCCOc1cccc(NC2=C(c3ccccc3OC)C(=O)N(Cc3ccncc3)C2=O)c1. The number of rotatable bonds is 9. The predicted octanol–water partition coefficient (Wildman–Crippen LogP) is 4.27. The number of aromatic nitrogens is 1. The van der Waals surface area contributed by atoms with Crippen LogP contribution >= 0.6 is 0 Å². The summed E-state index contributed by atoms with van der Waals surface area (Å²) in [6, 6.07) is 18.1. The van der Waals surface area contributed by atoms with E-state index in [9.17, 15) is 9.59 Å². The molecule has 0 fully saturated rings. The second kappa shape index (κ2) is 9.99. The third-order valence-corrected chi connectivity index (χ3v) is 5.21. The van der Waals surface area contributed by atoms with Gasteiger partial charge in [0.2, 0.25) is 0 Å². The molecule has 1 aliphatic rings. The van der Waals surface area contributed by atoms with E-state index in [1.165, 1.54) is 12.0 Å². The van der Waals surface area contributed by atoms with Crippen LogP contribution in [0.2, 0.25) is 0 Å². The smallest absolute Gasteiger partial charge is 0.278 e. The zero-order valence-electron chi connectivity index (χ0n) is 18.6. The number of nitrogens with zero attached hydrogens (tertiary/aromatic N) is 2. The number of methoxy groups -OCH3 is 1. The number of imide groups is 1. The topological polar surface area (TPSA) is 80.8 Å². The molecule has 7 heteroatoms. The maximum atomic E-state index is 13.5. The number of benzene rings is 2. The van der Waals surface area contributed by atoms with Crippen LogP contribution in [0.25, 0.3) is 5.57 Å². The Balaban J connectivity index is 1.74. The predicted molar refractivity (Wildman–Crippen MR) is 126 cm³/mol. The van der Waals surface area contributed by atoms with Crippen molar-refractivity contribution in [1.29, 1.82) is 0 Å². The van der Waals surface area contributed by atoms with E-state index in [1.54, 1.807) is 36.7 Å². The van der Waals surface area contributed by atoms with Gasteiger partial charge in [-0.15, -0.1) is 0 Å². The number of carbonyl (C=O) groups excluding carboxylic acids is 2. The molecule has 0 unspecified atom stereocenters. The lowest BCUT2D eigenvalue weighted by molar-refractivity contribution is -0.137. The summed E-state index contributed by atoms with van der Waals surface area (Å²) in [7, 11) is 1.54. The Hall–Kier alpha value is -4.13. The third-order valence-electron chi connectivity index (χ3n) is 5.21. The average molecular weight is 444 g/mol. The highest BCUT2D eigenvalue weighted by atomic mass is 16.5. The van der Waals surface area contributed by atoms with Gasteiger partial charge in [0.25, 0.3) is 11.8 Å². The molecule has 1 aromatic heterocycles. The lowest BCUT2D eigenvalue weighted by atomic mass is 10.0. The molecule has 2 heterocycles. The van der Waals surface area contributed by atoms with Gasteiger partial charge in [0, 0.05) is 29.7 Å². The summed E-state index contributed by atoms with van der Waals surface area (Å²) in [5, 5.41) is 3.17. The standard InChI is InChI=1S/C26H25N3O4/c1-3-15-33-20-8-6-7-19(16-20)28-24-23(21-9-4-5-10-22(21)32-2)25(30)29(26(24)31)17-18-11-13-27-14-12-18/h4-14,16,28H,3,15,17H2,1-2H3. The molecule has 2 aromatic carbocycles. The number of pyridine rings is 1. The van der Waals surface area contributed by atoms with E-state index in [-0.39, 0.29) is 23.7 Å². The molecule has 0 radical (unpaired) electrons. The van der Waals surface area contributed by atoms with Gasteiger partial charge in [-0.3, -0.25) is 19.5 Å². The van der Waals surface area contributed by atoms with E-state index in [2.05, 4.69) is 10.3 Å². The van der Waals surface area contributed by atoms with Crippen LogP contribution in [-0.4, -0.2) is 35.4 Å². The van der Waals surface area contributed by atoms with Crippen molar-refractivity contribution in [1.82, 2.24) is 9.88 Å². The van der Waals surface area contributed by atoms with E-state index < -0.39 is 5.91 Å². The first-order chi connectivity index (χ1) is 16.1. The third kappa shape index (κ3) is 4.72. The van der Waals surface area contributed by atoms with Crippen molar-refractivity contribution in [3.63, 3.8) is 0 Å². The Labute approximate surface area is 192 Å². The summed E-state index contributed by atoms with van der Waals surface area (Å²) >= 11 is 0. The molecule has 2 amide bonds. The van der Waals surface area contributed by atoms with E-state index in [0.29, 0.717) is 29.4 Å². The minimum atomic E-state index is -0.405. The number of hydrogen-bond donors (Lipinski definition) is 1. The lowest BCUT2D eigenvalue weighted by Crippen LogP contribution is -2.32. The molecule has 0 saturated carbocycles. The minimum absolute atomic E-state index is 0.143. The fourth-order valence-electron chi connectivity index (χ4n) is 3.64. The van der Waals surface area contributed by atoms with Gasteiger partial charge < -0.3 is 14.8 Å². The van der Waals surface area contributed by atoms with Crippen LogP contribution in [0, 0.1) is 0 Å². The van der Waals surface area contributed by atoms with Crippen molar-refractivity contribution in [3.8, 4) is 11.5 Å². The van der Waals surface area contributed by atoms with Crippen LogP contribution in [0.15, 0.2) is 78.8 Å². The normalized spacial score (nSPS) is 13.5. The van der Waals surface area contributed by atoms with Crippen LogP contribution in [0.3, 0.4) is 0 Å². The van der Waals surface area contributed by atoms with Gasteiger partial charge in [-0.1, -0.05) is 31.2 Å². The number of carbonyl (C=O) groups is 2. The number of ether oxygens (including phenoxy) is 2. The maximum absolute atomic E-state index is 13.5. The fraction of sp³-hybridized carbons (Fsp3) is 0.192. The summed E-state index contributed by atoms with van der Waals surface area (Å²) in [6.45, 7) is 2.77. The molecule has 1 aliphatic heterocycles. The van der Waals surface area contributed by atoms with Crippen LogP contribution in [0.5, 0.6) is 11.5 Å². The molecule has 0 aliphatic carbocycles. The summed E-state index contributed by atoms with van der Waals surface area (Å²) in [6.07, 6.45) is 4.16. The van der Waals surface area contributed by atoms with E-state index in [0.717, 1.165) is 12.0 Å². The van der Waals surface area contributed by atoms with Crippen LogP contribution < -0.4 is 14.8 Å². The molecule has 0 spiro atoms. The molecule has 1 N–H and O–H groups in total. The van der Waals surface area contributed by atoms with E-state index in [4.69, 9.17) is 9.47 Å². The second-order valence-corrected chi connectivity index (χ2v) is 7.50. The zero-order valence-corrected chi connectivity index (χ0v) is 18.6. The van der Waals surface area contributed by atoms with Crippen molar-refractivity contribution in [2.45, 2.75) is 19.9 Å². The number of anilines is 1. The van der Waals surface area contributed by atoms with Crippen molar-refractivity contribution >= 4 is 23.1 Å².